The number of ether oxygens (including phenoxy) is 1. The highest BCUT2D eigenvalue weighted by atomic mass is 16.5. The van der Waals surface area contributed by atoms with E-state index < -0.39 is 0 Å². The first-order valence-corrected chi connectivity index (χ1v) is 6.35. The van der Waals surface area contributed by atoms with Gasteiger partial charge in [-0.2, -0.15) is 0 Å². The van der Waals surface area contributed by atoms with Crippen LogP contribution in [-0.2, 0) is 9.53 Å². The van der Waals surface area contributed by atoms with Crippen molar-refractivity contribution >= 4 is 16.9 Å². The van der Waals surface area contributed by atoms with Gasteiger partial charge >= 0.3 is 5.97 Å². The minimum absolute atomic E-state index is 0.114. The average molecular weight is 245 g/mol. The lowest BCUT2D eigenvalue weighted by atomic mass is 10.1. The number of carbonyl (C=O) groups is 1. The van der Waals surface area contributed by atoms with Gasteiger partial charge < -0.3 is 9.30 Å². The van der Waals surface area contributed by atoms with Crippen molar-refractivity contribution in [2.75, 3.05) is 6.61 Å². The molecule has 0 N–H and O–H groups in total. The molecule has 0 aliphatic rings. The fourth-order valence-corrected chi connectivity index (χ4v) is 2.29. The van der Waals surface area contributed by atoms with Crippen molar-refractivity contribution in [2.45, 2.75) is 33.2 Å². The Kier molecular flexibility index (Phi) is 3.70. The van der Waals surface area contributed by atoms with Gasteiger partial charge in [0.1, 0.15) is 0 Å². The Morgan fingerprint density at radius 1 is 1.39 bits per heavy atom. The zero-order chi connectivity index (χ0) is 13.1. The summed E-state index contributed by atoms with van der Waals surface area (Å²) in [7, 11) is 0. The second-order valence-electron chi connectivity index (χ2n) is 4.59. The van der Waals surface area contributed by atoms with Crippen LogP contribution in [0.4, 0.5) is 0 Å². The monoisotopic (exact) mass is 245 g/mol. The molecule has 2 aromatic rings. The summed E-state index contributed by atoms with van der Waals surface area (Å²) in [6.07, 6.45) is 2.45. The Balaban J connectivity index is 2.26. The van der Waals surface area contributed by atoms with Gasteiger partial charge in [-0.05, 0) is 38.5 Å². The molecular formula is C15H19NO2. The molecule has 1 aromatic carbocycles. The molecule has 2 rings (SSSR count). The number of carbonyl (C=O) groups excluding carboxylic acids is 1. The number of esters is 1. The summed E-state index contributed by atoms with van der Waals surface area (Å²) in [6, 6.07) is 8.45. The highest BCUT2D eigenvalue weighted by Crippen LogP contribution is 2.24. The van der Waals surface area contributed by atoms with E-state index in [1.165, 1.54) is 16.5 Å². The molecule has 1 atom stereocenters. The van der Waals surface area contributed by atoms with Crippen LogP contribution in [0.5, 0.6) is 0 Å². The van der Waals surface area contributed by atoms with Crippen LogP contribution in [-0.4, -0.2) is 17.1 Å². The largest absolute Gasteiger partial charge is 0.466 e. The predicted octanol–water partition coefficient (Wildman–Crippen LogP) is 3.46. The fraction of sp³-hybridized carbons (Fsp3) is 0.400. The molecule has 0 aliphatic heterocycles. The van der Waals surface area contributed by atoms with Gasteiger partial charge in [0.05, 0.1) is 13.0 Å². The van der Waals surface area contributed by atoms with Gasteiger partial charge in [0.25, 0.3) is 0 Å². The first-order chi connectivity index (χ1) is 8.63. The maximum atomic E-state index is 11.5. The summed E-state index contributed by atoms with van der Waals surface area (Å²) in [5, 5.41) is 1.24. The third kappa shape index (κ3) is 2.40. The Morgan fingerprint density at radius 3 is 2.89 bits per heavy atom. The first-order valence-electron chi connectivity index (χ1n) is 6.35. The second-order valence-corrected chi connectivity index (χ2v) is 4.59. The first kappa shape index (κ1) is 12.7. The molecule has 3 nitrogen and oxygen atoms in total. The number of aryl methyl sites for hydroxylation is 1. The molecule has 0 saturated carbocycles. The number of aromatic nitrogens is 1. The molecule has 1 unspecified atom stereocenters. The SMILES string of the molecule is CCOC(=O)CC(C)n1ccc2c(C)cccc21. The van der Waals surface area contributed by atoms with Crippen LogP contribution in [0.25, 0.3) is 10.9 Å². The summed E-state index contributed by atoms with van der Waals surface area (Å²) in [6.45, 7) is 6.41. The molecule has 96 valence electrons. The van der Waals surface area contributed by atoms with Crippen molar-refractivity contribution in [2.24, 2.45) is 0 Å². The third-order valence-electron chi connectivity index (χ3n) is 3.22. The van der Waals surface area contributed by atoms with Crippen molar-refractivity contribution in [1.29, 1.82) is 0 Å². The summed E-state index contributed by atoms with van der Waals surface area (Å²) in [5.74, 6) is -0.139. The molecule has 1 aromatic heterocycles. The van der Waals surface area contributed by atoms with Crippen LogP contribution in [0.15, 0.2) is 30.5 Å². The van der Waals surface area contributed by atoms with E-state index in [0.717, 1.165) is 0 Å². The molecule has 0 bridgehead atoms. The van der Waals surface area contributed by atoms with E-state index in [1.807, 2.05) is 26.1 Å². The van der Waals surface area contributed by atoms with E-state index in [0.29, 0.717) is 13.0 Å². The molecule has 0 saturated heterocycles. The van der Waals surface area contributed by atoms with E-state index in [2.05, 4.69) is 29.7 Å². The highest BCUT2D eigenvalue weighted by molar-refractivity contribution is 5.83. The van der Waals surface area contributed by atoms with Crippen LogP contribution >= 0.6 is 0 Å². The Morgan fingerprint density at radius 2 is 2.17 bits per heavy atom. The number of rotatable bonds is 4. The predicted molar refractivity (Wildman–Crippen MR) is 72.6 cm³/mol. The van der Waals surface area contributed by atoms with E-state index in [1.54, 1.807) is 0 Å². The molecule has 0 aliphatic carbocycles. The molecule has 0 radical (unpaired) electrons. The Bertz CT molecular complexity index is 557. The number of hydrogen-bond donors (Lipinski definition) is 0. The lowest BCUT2D eigenvalue weighted by Gasteiger charge is -2.14. The molecule has 18 heavy (non-hydrogen) atoms. The summed E-state index contributed by atoms with van der Waals surface area (Å²) in [5.41, 5.74) is 2.43. The van der Waals surface area contributed by atoms with Crippen molar-refractivity contribution in [3.05, 3.63) is 36.0 Å². The average Bonchev–Trinajstić information content (AvgIpc) is 2.74. The van der Waals surface area contributed by atoms with E-state index in [9.17, 15) is 4.79 Å². The van der Waals surface area contributed by atoms with Crippen LogP contribution in [0.2, 0.25) is 0 Å². The zero-order valence-electron chi connectivity index (χ0n) is 11.1. The van der Waals surface area contributed by atoms with Gasteiger partial charge in [-0.1, -0.05) is 12.1 Å². The van der Waals surface area contributed by atoms with Crippen molar-refractivity contribution in [3.63, 3.8) is 0 Å². The number of nitrogens with zero attached hydrogens (tertiary/aromatic N) is 1. The Labute approximate surface area is 107 Å². The minimum Gasteiger partial charge on any atom is -0.466 e. The van der Waals surface area contributed by atoms with Gasteiger partial charge in [0, 0.05) is 23.1 Å². The third-order valence-corrected chi connectivity index (χ3v) is 3.22. The molecule has 3 heteroatoms. The molecule has 0 fully saturated rings. The topological polar surface area (TPSA) is 31.2 Å². The van der Waals surface area contributed by atoms with E-state index >= 15 is 0 Å². The van der Waals surface area contributed by atoms with Gasteiger partial charge in [0.2, 0.25) is 0 Å². The zero-order valence-corrected chi connectivity index (χ0v) is 11.1. The normalized spacial score (nSPS) is 12.6. The number of hydrogen-bond acceptors (Lipinski definition) is 2. The maximum Gasteiger partial charge on any atom is 0.307 e. The lowest BCUT2D eigenvalue weighted by molar-refractivity contribution is -0.143. The molecule has 0 spiro atoms. The van der Waals surface area contributed by atoms with Crippen LogP contribution in [0, 0.1) is 6.92 Å². The summed E-state index contributed by atoms with van der Waals surface area (Å²) in [4.78, 5) is 11.5. The van der Waals surface area contributed by atoms with E-state index in [4.69, 9.17) is 4.74 Å². The van der Waals surface area contributed by atoms with Crippen LogP contribution < -0.4 is 0 Å². The molecule has 1 heterocycles. The fourth-order valence-electron chi connectivity index (χ4n) is 2.29. The van der Waals surface area contributed by atoms with Crippen LogP contribution in [0.3, 0.4) is 0 Å². The number of fused-ring (bicyclic) bond motifs is 1. The maximum absolute atomic E-state index is 11.5. The molecular weight excluding hydrogens is 226 g/mol. The van der Waals surface area contributed by atoms with Gasteiger partial charge in [0.15, 0.2) is 0 Å². The lowest BCUT2D eigenvalue weighted by Crippen LogP contribution is -2.12. The van der Waals surface area contributed by atoms with E-state index in [-0.39, 0.29) is 12.0 Å². The van der Waals surface area contributed by atoms with Crippen LogP contribution in [0.1, 0.15) is 31.9 Å². The van der Waals surface area contributed by atoms with Crippen molar-refractivity contribution in [1.82, 2.24) is 4.57 Å². The molecule has 0 amide bonds. The van der Waals surface area contributed by atoms with Crippen molar-refractivity contribution in [3.8, 4) is 0 Å². The van der Waals surface area contributed by atoms with Gasteiger partial charge in [-0.25, -0.2) is 0 Å². The standard InChI is InChI=1S/C15H19NO2/c1-4-18-15(17)10-12(3)16-9-8-13-11(2)6-5-7-14(13)16/h5-9,12H,4,10H2,1-3H3. The summed E-state index contributed by atoms with van der Waals surface area (Å²) < 4.78 is 7.13. The quantitative estimate of drug-likeness (QED) is 0.772. The van der Waals surface area contributed by atoms with Gasteiger partial charge in [-0.3, -0.25) is 4.79 Å². The minimum atomic E-state index is -0.139. The van der Waals surface area contributed by atoms with Crippen molar-refractivity contribution < 1.29 is 9.53 Å². The number of benzene rings is 1. The smallest absolute Gasteiger partial charge is 0.307 e. The Hall–Kier alpha value is -1.77. The van der Waals surface area contributed by atoms with Gasteiger partial charge in [-0.15, -0.1) is 0 Å². The highest BCUT2D eigenvalue weighted by Gasteiger charge is 2.13. The summed E-state index contributed by atoms with van der Waals surface area (Å²) >= 11 is 0. The second kappa shape index (κ2) is 5.25.